The van der Waals surface area contributed by atoms with E-state index in [0.29, 0.717) is 42.8 Å². The molecule has 6 heteroatoms. The molecule has 3 amide bonds. The third kappa shape index (κ3) is 4.76. The molecule has 0 saturated heterocycles. The van der Waals surface area contributed by atoms with Gasteiger partial charge in [0.05, 0.1) is 11.1 Å². The Labute approximate surface area is 176 Å². The average Bonchev–Trinajstić information content (AvgIpc) is 3.57. The summed E-state index contributed by atoms with van der Waals surface area (Å²) in [6.07, 6.45) is 3.87. The maximum absolute atomic E-state index is 12.8. The Morgan fingerprint density at radius 1 is 1.03 bits per heavy atom. The van der Waals surface area contributed by atoms with Gasteiger partial charge in [-0.2, -0.15) is 0 Å². The fourth-order valence-electron chi connectivity index (χ4n) is 3.53. The van der Waals surface area contributed by atoms with Crippen molar-refractivity contribution < 1.29 is 19.1 Å². The molecule has 1 heterocycles. The molecule has 6 nitrogen and oxygen atoms in total. The summed E-state index contributed by atoms with van der Waals surface area (Å²) in [7, 11) is 0. The molecule has 0 spiro atoms. The van der Waals surface area contributed by atoms with Crippen LogP contribution in [-0.4, -0.2) is 48.9 Å². The van der Waals surface area contributed by atoms with E-state index in [1.54, 1.807) is 12.1 Å². The van der Waals surface area contributed by atoms with Gasteiger partial charge in [-0.3, -0.25) is 19.3 Å². The molecule has 0 unspecified atom stereocenters. The highest BCUT2D eigenvalue weighted by Crippen LogP contribution is 2.28. The number of nitrogens with zero attached hydrogens (tertiary/aromatic N) is 1. The van der Waals surface area contributed by atoms with E-state index in [1.165, 1.54) is 23.8 Å². The van der Waals surface area contributed by atoms with Gasteiger partial charge in [0.2, 0.25) is 0 Å². The minimum Gasteiger partial charge on any atom is -0.381 e. The second-order valence-electron chi connectivity index (χ2n) is 7.89. The molecule has 2 aromatic rings. The van der Waals surface area contributed by atoms with E-state index in [9.17, 15) is 14.4 Å². The van der Waals surface area contributed by atoms with Crippen molar-refractivity contribution in [2.24, 2.45) is 5.92 Å². The van der Waals surface area contributed by atoms with Crippen LogP contribution in [0.25, 0.3) is 0 Å². The Kier molecular flexibility index (Phi) is 6.23. The molecule has 0 atom stereocenters. The van der Waals surface area contributed by atoms with Crippen molar-refractivity contribution in [3.8, 4) is 0 Å². The van der Waals surface area contributed by atoms with Crippen molar-refractivity contribution in [3.63, 3.8) is 0 Å². The first-order valence-corrected chi connectivity index (χ1v) is 10.5. The maximum atomic E-state index is 12.8. The number of carbonyl (C=O) groups excluding carboxylic acids is 3. The van der Waals surface area contributed by atoms with Crippen LogP contribution < -0.4 is 5.32 Å². The van der Waals surface area contributed by atoms with Gasteiger partial charge in [0.1, 0.15) is 0 Å². The zero-order valence-electron chi connectivity index (χ0n) is 16.9. The molecule has 2 aliphatic rings. The summed E-state index contributed by atoms with van der Waals surface area (Å²) in [4.78, 5) is 39.1. The van der Waals surface area contributed by atoms with Crippen LogP contribution in [0.2, 0.25) is 0 Å². The summed E-state index contributed by atoms with van der Waals surface area (Å²) < 4.78 is 5.56. The lowest BCUT2D eigenvalue weighted by Gasteiger charge is -2.13. The van der Waals surface area contributed by atoms with Crippen molar-refractivity contribution in [1.82, 2.24) is 10.2 Å². The van der Waals surface area contributed by atoms with Crippen molar-refractivity contribution in [3.05, 3.63) is 70.8 Å². The summed E-state index contributed by atoms with van der Waals surface area (Å²) >= 11 is 0. The SMILES string of the molecule is O=C(NCCCOCC1CC1)c1ccc2c(c1)C(=O)N(CCc1ccccc1)C2=O. The van der Waals surface area contributed by atoms with E-state index >= 15 is 0 Å². The van der Waals surface area contributed by atoms with Gasteiger partial charge in [0.15, 0.2) is 0 Å². The topological polar surface area (TPSA) is 75.7 Å². The molecule has 0 radical (unpaired) electrons. The number of imide groups is 1. The second-order valence-corrected chi connectivity index (χ2v) is 7.89. The molecule has 4 rings (SSSR count). The lowest BCUT2D eigenvalue weighted by atomic mass is 10.1. The first-order chi connectivity index (χ1) is 14.6. The van der Waals surface area contributed by atoms with E-state index in [4.69, 9.17) is 4.74 Å². The Morgan fingerprint density at radius 2 is 1.80 bits per heavy atom. The van der Waals surface area contributed by atoms with Crippen LogP contribution in [0.15, 0.2) is 48.5 Å². The van der Waals surface area contributed by atoms with Crippen molar-refractivity contribution in [1.29, 1.82) is 0 Å². The Balaban J connectivity index is 1.31. The normalized spacial score (nSPS) is 15.4. The number of ether oxygens (including phenoxy) is 1. The van der Waals surface area contributed by atoms with E-state index in [2.05, 4.69) is 5.32 Å². The van der Waals surface area contributed by atoms with Gasteiger partial charge in [-0.15, -0.1) is 0 Å². The monoisotopic (exact) mass is 406 g/mol. The first-order valence-electron chi connectivity index (χ1n) is 10.5. The lowest BCUT2D eigenvalue weighted by Crippen LogP contribution is -2.31. The largest absolute Gasteiger partial charge is 0.381 e. The molecule has 2 aromatic carbocycles. The number of nitrogens with one attached hydrogen (secondary N) is 1. The second kappa shape index (κ2) is 9.22. The van der Waals surface area contributed by atoms with Gasteiger partial charge in [-0.05, 0) is 55.4 Å². The Bertz CT molecular complexity index is 937. The minimum absolute atomic E-state index is 0.247. The van der Waals surface area contributed by atoms with E-state index in [1.807, 2.05) is 30.3 Å². The van der Waals surface area contributed by atoms with Crippen LogP contribution in [0.5, 0.6) is 0 Å². The van der Waals surface area contributed by atoms with Crippen molar-refractivity contribution in [2.75, 3.05) is 26.3 Å². The molecule has 1 N–H and O–H groups in total. The summed E-state index contributed by atoms with van der Waals surface area (Å²) in [6.45, 7) is 2.27. The summed E-state index contributed by atoms with van der Waals surface area (Å²) in [5.41, 5.74) is 2.11. The highest BCUT2D eigenvalue weighted by molar-refractivity contribution is 6.22. The first kappa shape index (κ1) is 20.3. The maximum Gasteiger partial charge on any atom is 0.261 e. The van der Waals surface area contributed by atoms with E-state index in [-0.39, 0.29) is 17.7 Å². The third-order valence-corrected chi connectivity index (χ3v) is 5.50. The van der Waals surface area contributed by atoms with Crippen LogP contribution in [-0.2, 0) is 11.2 Å². The average molecular weight is 406 g/mol. The molecular formula is C24H26N2O4. The number of hydrogen-bond donors (Lipinski definition) is 1. The number of amides is 3. The number of carbonyl (C=O) groups is 3. The van der Waals surface area contributed by atoms with Gasteiger partial charge < -0.3 is 10.1 Å². The molecule has 1 saturated carbocycles. The Morgan fingerprint density at radius 3 is 2.57 bits per heavy atom. The van der Waals surface area contributed by atoms with Crippen molar-refractivity contribution >= 4 is 17.7 Å². The lowest BCUT2D eigenvalue weighted by molar-refractivity contribution is 0.0656. The highest BCUT2D eigenvalue weighted by atomic mass is 16.5. The van der Waals surface area contributed by atoms with Crippen LogP contribution in [0, 0.1) is 5.92 Å². The number of benzene rings is 2. The van der Waals surface area contributed by atoms with Crippen LogP contribution in [0.3, 0.4) is 0 Å². The van der Waals surface area contributed by atoms with Crippen molar-refractivity contribution in [2.45, 2.75) is 25.7 Å². The highest BCUT2D eigenvalue weighted by Gasteiger charge is 2.35. The summed E-state index contributed by atoms with van der Waals surface area (Å²) in [5.74, 6) is -0.152. The predicted molar refractivity (Wildman–Crippen MR) is 112 cm³/mol. The Hall–Kier alpha value is -2.99. The fraction of sp³-hybridized carbons (Fsp3) is 0.375. The molecule has 1 aliphatic heterocycles. The zero-order valence-corrected chi connectivity index (χ0v) is 16.9. The van der Waals surface area contributed by atoms with Gasteiger partial charge in [0.25, 0.3) is 17.7 Å². The number of hydrogen-bond acceptors (Lipinski definition) is 4. The molecule has 1 fully saturated rings. The smallest absolute Gasteiger partial charge is 0.261 e. The van der Waals surface area contributed by atoms with E-state index < -0.39 is 0 Å². The van der Waals surface area contributed by atoms with Gasteiger partial charge in [0, 0.05) is 31.9 Å². The van der Waals surface area contributed by atoms with E-state index in [0.717, 1.165) is 24.5 Å². The van der Waals surface area contributed by atoms with Crippen LogP contribution >= 0.6 is 0 Å². The van der Waals surface area contributed by atoms with Crippen LogP contribution in [0.1, 0.15) is 55.9 Å². The zero-order chi connectivity index (χ0) is 20.9. The number of rotatable bonds is 10. The number of fused-ring (bicyclic) bond motifs is 1. The van der Waals surface area contributed by atoms with Gasteiger partial charge in [-0.25, -0.2) is 0 Å². The predicted octanol–water partition coefficient (Wildman–Crippen LogP) is 3.07. The molecular weight excluding hydrogens is 380 g/mol. The van der Waals surface area contributed by atoms with Gasteiger partial charge in [-0.1, -0.05) is 30.3 Å². The molecule has 30 heavy (non-hydrogen) atoms. The molecule has 0 bridgehead atoms. The minimum atomic E-state index is -0.339. The quantitative estimate of drug-likeness (QED) is 0.486. The van der Waals surface area contributed by atoms with Crippen LogP contribution in [0.4, 0.5) is 0 Å². The molecule has 0 aromatic heterocycles. The standard InChI is InChI=1S/C24H26N2O4/c27-22(25-12-4-14-30-16-18-7-8-18)19-9-10-20-21(15-19)24(29)26(23(20)28)13-11-17-5-2-1-3-6-17/h1-3,5-6,9-10,15,18H,4,7-8,11-14,16H2,(H,25,27). The third-order valence-electron chi connectivity index (χ3n) is 5.50. The van der Waals surface area contributed by atoms with Gasteiger partial charge >= 0.3 is 0 Å². The molecule has 156 valence electrons. The summed E-state index contributed by atoms with van der Waals surface area (Å²) in [6, 6.07) is 14.4. The molecule has 1 aliphatic carbocycles. The summed E-state index contributed by atoms with van der Waals surface area (Å²) in [5, 5.41) is 2.85. The fourth-order valence-corrected chi connectivity index (χ4v) is 3.53.